The van der Waals surface area contributed by atoms with Crippen molar-refractivity contribution in [3.05, 3.63) is 5.73 Å². The van der Waals surface area contributed by atoms with Crippen molar-refractivity contribution in [3.8, 4) is 0 Å². The van der Waals surface area contributed by atoms with E-state index in [1.54, 1.807) is 0 Å². The Morgan fingerprint density at radius 2 is 2.29 bits per heavy atom. The van der Waals surface area contributed by atoms with Crippen molar-refractivity contribution in [1.82, 2.24) is 0 Å². The van der Waals surface area contributed by atoms with Gasteiger partial charge in [-0.05, 0) is 0 Å². The zero-order valence-corrected chi connectivity index (χ0v) is 5.06. The molecule has 0 bridgehead atoms. The fraction of sp³-hybridized carbons (Fsp3) is 0.667. The summed E-state index contributed by atoms with van der Waals surface area (Å²) >= 11 is 0. The average molecular weight is 139 g/mol. The average Bonchev–Trinajstić information content (AvgIpc) is 1.65. The number of nitrogens with one attached hydrogen (secondary N) is 1. The zero-order chi connectivity index (χ0) is 4.99. The Labute approximate surface area is 53.8 Å². The van der Waals surface area contributed by atoms with Crippen molar-refractivity contribution in [3.63, 3.8) is 0 Å². The minimum absolute atomic E-state index is 0. The molecule has 0 fully saturated rings. The monoisotopic (exact) mass is 139 g/mol. The van der Waals surface area contributed by atoms with E-state index in [2.05, 4.69) is 0 Å². The summed E-state index contributed by atoms with van der Waals surface area (Å²) in [6.45, 7) is -0.372. The Morgan fingerprint density at radius 1 is 1.86 bits per heavy atom. The largest absolute Gasteiger partial charge is 0.667 e. The topological polar surface area (TPSA) is 61.1 Å². The first-order chi connectivity index (χ1) is 2.81. The van der Waals surface area contributed by atoms with Gasteiger partial charge in [-0.15, -0.1) is 0 Å². The SMILES string of the molecule is [NH-][C@H](C=O)CO.[V]. The van der Waals surface area contributed by atoms with Crippen LogP contribution in [0.2, 0.25) is 0 Å². The third-order valence-corrected chi connectivity index (χ3v) is 0.361. The summed E-state index contributed by atoms with van der Waals surface area (Å²) in [5, 5.41) is 7.92. The van der Waals surface area contributed by atoms with E-state index in [-0.39, 0.29) is 25.2 Å². The Bertz CT molecular complexity index is 50.2. The summed E-state index contributed by atoms with van der Waals surface area (Å²) in [7, 11) is 0. The van der Waals surface area contributed by atoms with Crippen LogP contribution in [0.4, 0.5) is 0 Å². The second kappa shape index (κ2) is 6.17. The van der Waals surface area contributed by atoms with Gasteiger partial charge in [0.25, 0.3) is 0 Å². The molecule has 0 aliphatic heterocycles. The molecule has 0 saturated carbocycles. The predicted octanol–water partition coefficient (Wildman–Crippen LogP) is -0.404. The van der Waals surface area contributed by atoms with E-state index in [0.29, 0.717) is 6.29 Å². The molecule has 0 unspecified atom stereocenters. The molecule has 0 amide bonds. The number of rotatable bonds is 2. The molecule has 0 saturated heterocycles. The number of carbonyl (C=O) groups is 1. The number of aliphatic hydroxyl groups is 1. The van der Waals surface area contributed by atoms with Crippen LogP contribution in [0.5, 0.6) is 0 Å². The first-order valence-corrected chi connectivity index (χ1v) is 1.58. The van der Waals surface area contributed by atoms with Crippen LogP contribution in [0.15, 0.2) is 0 Å². The van der Waals surface area contributed by atoms with Gasteiger partial charge in [-0.2, -0.15) is 0 Å². The molecule has 0 aliphatic carbocycles. The molecule has 7 heavy (non-hydrogen) atoms. The Balaban J connectivity index is 0. The van der Waals surface area contributed by atoms with E-state index < -0.39 is 6.04 Å². The van der Waals surface area contributed by atoms with Gasteiger partial charge in [0, 0.05) is 25.2 Å². The number of aliphatic hydroxyl groups excluding tert-OH is 1. The van der Waals surface area contributed by atoms with Gasteiger partial charge in [-0.1, -0.05) is 6.04 Å². The van der Waals surface area contributed by atoms with Crippen molar-refractivity contribution in [2.24, 2.45) is 0 Å². The maximum Gasteiger partial charge on any atom is 0.104 e. The third-order valence-electron chi connectivity index (χ3n) is 0.361. The van der Waals surface area contributed by atoms with Crippen molar-refractivity contribution in [2.45, 2.75) is 6.04 Å². The van der Waals surface area contributed by atoms with Crippen LogP contribution in [-0.4, -0.2) is 24.0 Å². The Kier molecular flexibility index (Phi) is 9.01. The Morgan fingerprint density at radius 3 is 2.29 bits per heavy atom. The summed E-state index contributed by atoms with van der Waals surface area (Å²) in [6.07, 6.45) is 0.389. The van der Waals surface area contributed by atoms with Crippen LogP contribution in [-0.2, 0) is 23.4 Å². The van der Waals surface area contributed by atoms with Crippen LogP contribution >= 0.6 is 0 Å². The summed E-state index contributed by atoms with van der Waals surface area (Å²) in [4.78, 5) is 9.39. The van der Waals surface area contributed by atoms with Crippen molar-refractivity contribution in [1.29, 1.82) is 0 Å². The van der Waals surface area contributed by atoms with E-state index >= 15 is 0 Å². The van der Waals surface area contributed by atoms with E-state index in [4.69, 9.17) is 10.8 Å². The van der Waals surface area contributed by atoms with Crippen molar-refractivity contribution < 1.29 is 28.5 Å². The molecule has 1 radical (unpaired) electrons. The molecule has 0 aromatic carbocycles. The molecule has 1 atom stereocenters. The molecular weight excluding hydrogens is 133 g/mol. The molecule has 41 valence electrons. The van der Waals surface area contributed by atoms with Crippen molar-refractivity contribution >= 4 is 6.29 Å². The number of aldehydes is 1. The van der Waals surface area contributed by atoms with Gasteiger partial charge >= 0.3 is 0 Å². The van der Waals surface area contributed by atoms with Gasteiger partial charge in [0.15, 0.2) is 0 Å². The predicted molar refractivity (Wildman–Crippen MR) is 21.3 cm³/mol. The molecule has 0 aliphatic rings. The summed E-state index contributed by atoms with van der Waals surface area (Å²) in [5.74, 6) is 0. The maximum atomic E-state index is 9.39. The Hall–Kier alpha value is 0.174. The van der Waals surface area contributed by atoms with Gasteiger partial charge in [-0.3, -0.25) is 0 Å². The molecule has 0 spiro atoms. The normalized spacial score (nSPS) is 11.7. The van der Waals surface area contributed by atoms with Gasteiger partial charge in [-0.25, -0.2) is 0 Å². The molecule has 4 heteroatoms. The molecule has 0 rings (SSSR count). The zero-order valence-electron chi connectivity index (χ0n) is 3.66. The van der Waals surface area contributed by atoms with E-state index in [0.717, 1.165) is 0 Å². The number of hydrogen-bond donors (Lipinski definition) is 1. The second-order valence-electron chi connectivity index (χ2n) is 0.925. The van der Waals surface area contributed by atoms with E-state index in [1.807, 2.05) is 0 Å². The smallest absolute Gasteiger partial charge is 0.104 e. The maximum absolute atomic E-state index is 9.39. The molecule has 0 aromatic heterocycles. The van der Waals surface area contributed by atoms with Gasteiger partial charge in [0.05, 0.1) is 0 Å². The van der Waals surface area contributed by atoms with Crippen LogP contribution in [0.3, 0.4) is 0 Å². The quantitative estimate of drug-likeness (QED) is 0.529. The van der Waals surface area contributed by atoms with Crippen molar-refractivity contribution in [2.75, 3.05) is 6.61 Å². The summed E-state index contributed by atoms with van der Waals surface area (Å²) in [5.41, 5.74) is 6.45. The summed E-state index contributed by atoms with van der Waals surface area (Å²) < 4.78 is 0. The minimum atomic E-state index is -0.940. The van der Waals surface area contributed by atoms with E-state index in [1.165, 1.54) is 0 Å². The number of hydrogen-bond acceptors (Lipinski definition) is 2. The van der Waals surface area contributed by atoms with E-state index in [9.17, 15) is 4.79 Å². The van der Waals surface area contributed by atoms with Crippen LogP contribution in [0.25, 0.3) is 5.73 Å². The van der Waals surface area contributed by atoms with Crippen LogP contribution in [0, 0.1) is 0 Å². The third kappa shape index (κ3) is 6.17. The van der Waals surface area contributed by atoms with Gasteiger partial charge in [0.2, 0.25) is 0 Å². The van der Waals surface area contributed by atoms with Gasteiger partial charge < -0.3 is 15.6 Å². The fourth-order valence-electron chi connectivity index (χ4n) is 0.0430. The summed E-state index contributed by atoms with van der Waals surface area (Å²) in [6, 6.07) is -0.940. The molecule has 3 nitrogen and oxygen atoms in total. The van der Waals surface area contributed by atoms with Gasteiger partial charge in [0.1, 0.15) is 6.29 Å². The molecule has 2 N–H and O–H groups in total. The van der Waals surface area contributed by atoms with Crippen LogP contribution < -0.4 is 0 Å². The van der Waals surface area contributed by atoms with Crippen LogP contribution in [0.1, 0.15) is 0 Å². The minimum Gasteiger partial charge on any atom is -0.667 e. The fourth-order valence-corrected chi connectivity index (χ4v) is 0.0430. The first-order valence-electron chi connectivity index (χ1n) is 1.58. The second-order valence-corrected chi connectivity index (χ2v) is 0.925. The first kappa shape index (κ1) is 10.2. The molecule has 0 aromatic rings. The molecule has 0 heterocycles. The molecular formula is C3H6NO2V-. The number of carbonyl (C=O) groups excluding carboxylic acids is 1. The standard InChI is InChI=1S/C3H6NO2.V/c4-3(1-5)2-6;/h1,3-4,6H,2H2;/q-1;/t3-;/m1./s1.